The van der Waals surface area contributed by atoms with E-state index in [0.717, 1.165) is 26.3 Å². The Kier molecular flexibility index (Phi) is 3.74. The molecule has 1 aliphatic carbocycles. The van der Waals surface area contributed by atoms with E-state index in [2.05, 4.69) is 50.8 Å². The van der Waals surface area contributed by atoms with Gasteiger partial charge in [0, 0.05) is 19.1 Å². The van der Waals surface area contributed by atoms with Crippen molar-refractivity contribution in [3.63, 3.8) is 0 Å². The molecule has 2 nitrogen and oxygen atoms in total. The molecule has 0 amide bonds. The molecule has 2 unspecified atom stereocenters. The lowest BCUT2D eigenvalue weighted by molar-refractivity contribution is 0.0191. The van der Waals surface area contributed by atoms with Crippen molar-refractivity contribution in [2.24, 2.45) is 11.3 Å². The first-order valence-electron chi connectivity index (χ1n) is 6.71. The predicted molar refractivity (Wildman–Crippen MR) is 72.0 cm³/mol. The summed E-state index contributed by atoms with van der Waals surface area (Å²) in [5.41, 5.74) is 1.73. The van der Waals surface area contributed by atoms with Crippen LogP contribution < -0.4 is 0 Å². The van der Waals surface area contributed by atoms with Gasteiger partial charge in [-0.15, -0.1) is 0 Å². The van der Waals surface area contributed by atoms with Gasteiger partial charge in [0.25, 0.3) is 0 Å². The van der Waals surface area contributed by atoms with Gasteiger partial charge < -0.3 is 4.74 Å². The van der Waals surface area contributed by atoms with E-state index < -0.39 is 0 Å². The van der Waals surface area contributed by atoms with Crippen LogP contribution in [0.2, 0.25) is 0 Å². The Labute approximate surface area is 105 Å². The zero-order chi connectivity index (χ0) is 12.5. The van der Waals surface area contributed by atoms with Crippen molar-refractivity contribution < 1.29 is 4.74 Å². The fourth-order valence-corrected chi connectivity index (χ4v) is 2.64. The fourth-order valence-electron chi connectivity index (χ4n) is 2.64. The highest BCUT2D eigenvalue weighted by Gasteiger charge is 2.27. The first kappa shape index (κ1) is 12.8. The van der Waals surface area contributed by atoms with Crippen molar-refractivity contribution in [1.29, 1.82) is 0 Å². The van der Waals surface area contributed by atoms with Crippen LogP contribution in [0.25, 0.3) is 0 Å². The minimum absolute atomic E-state index is 0.265. The van der Waals surface area contributed by atoms with Crippen molar-refractivity contribution in [2.45, 2.75) is 33.7 Å². The summed E-state index contributed by atoms with van der Waals surface area (Å²) in [7, 11) is 0. The van der Waals surface area contributed by atoms with E-state index in [4.69, 9.17) is 4.74 Å². The van der Waals surface area contributed by atoms with Crippen LogP contribution >= 0.6 is 0 Å². The quantitative estimate of drug-likeness (QED) is 0.693. The number of hydrogen-bond donors (Lipinski definition) is 0. The van der Waals surface area contributed by atoms with Gasteiger partial charge >= 0.3 is 0 Å². The Morgan fingerprint density at radius 3 is 2.41 bits per heavy atom. The van der Waals surface area contributed by atoms with Gasteiger partial charge in [0.15, 0.2) is 0 Å². The van der Waals surface area contributed by atoms with Crippen molar-refractivity contribution in [2.75, 3.05) is 26.3 Å². The number of morpholine rings is 1. The minimum Gasteiger partial charge on any atom is -0.379 e. The molecule has 0 bridgehead atoms. The standard InChI is InChI=1S/C15H25NO/c1-12-11-13(15(2,3)4)5-6-14(12)16-7-9-17-10-8-16/h5-6,11-12,14H,7-10H2,1-4H3. The van der Waals surface area contributed by atoms with Gasteiger partial charge in [0.2, 0.25) is 0 Å². The number of ether oxygens (including phenoxy) is 1. The van der Waals surface area contributed by atoms with Gasteiger partial charge in [0.1, 0.15) is 0 Å². The number of hydrogen-bond acceptors (Lipinski definition) is 2. The molecule has 0 radical (unpaired) electrons. The third kappa shape index (κ3) is 2.99. The molecule has 1 fully saturated rings. The molecule has 0 saturated carbocycles. The van der Waals surface area contributed by atoms with E-state index in [1.165, 1.54) is 5.57 Å². The molecule has 2 atom stereocenters. The average molecular weight is 235 g/mol. The van der Waals surface area contributed by atoms with Gasteiger partial charge in [0.05, 0.1) is 13.2 Å². The number of allylic oxidation sites excluding steroid dienone is 2. The molecule has 96 valence electrons. The molecular weight excluding hydrogens is 210 g/mol. The molecular formula is C15H25NO. The molecule has 0 N–H and O–H groups in total. The van der Waals surface area contributed by atoms with Crippen LogP contribution in [0.5, 0.6) is 0 Å². The maximum Gasteiger partial charge on any atom is 0.0594 e. The summed E-state index contributed by atoms with van der Waals surface area (Å²) in [5, 5.41) is 0. The predicted octanol–water partition coefficient (Wildman–Crippen LogP) is 2.87. The highest BCUT2D eigenvalue weighted by atomic mass is 16.5. The van der Waals surface area contributed by atoms with E-state index in [0.29, 0.717) is 12.0 Å². The molecule has 0 spiro atoms. The van der Waals surface area contributed by atoms with Gasteiger partial charge in [-0.1, -0.05) is 45.9 Å². The summed E-state index contributed by atoms with van der Waals surface area (Å²) >= 11 is 0. The minimum atomic E-state index is 0.265. The van der Waals surface area contributed by atoms with E-state index in [1.54, 1.807) is 0 Å². The summed E-state index contributed by atoms with van der Waals surface area (Å²) in [6.07, 6.45) is 7.15. The van der Waals surface area contributed by atoms with Crippen molar-refractivity contribution in [3.05, 3.63) is 23.8 Å². The van der Waals surface area contributed by atoms with E-state index in [-0.39, 0.29) is 5.41 Å². The summed E-state index contributed by atoms with van der Waals surface area (Å²) in [5.74, 6) is 0.604. The molecule has 2 aliphatic rings. The zero-order valence-electron chi connectivity index (χ0n) is 11.6. The maximum absolute atomic E-state index is 5.42. The Balaban J connectivity index is 2.05. The third-order valence-electron chi connectivity index (χ3n) is 3.79. The van der Waals surface area contributed by atoms with Gasteiger partial charge in [-0.3, -0.25) is 4.90 Å². The zero-order valence-corrected chi connectivity index (χ0v) is 11.6. The Morgan fingerprint density at radius 2 is 1.88 bits per heavy atom. The molecule has 1 aliphatic heterocycles. The molecule has 2 heteroatoms. The number of rotatable bonds is 1. The normalized spacial score (nSPS) is 31.4. The van der Waals surface area contributed by atoms with Crippen LogP contribution in [-0.4, -0.2) is 37.2 Å². The fraction of sp³-hybridized carbons (Fsp3) is 0.733. The maximum atomic E-state index is 5.42. The second-order valence-corrected chi connectivity index (χ2v) is 6.23. The van der Waals surface area contributed by atoms with Crippen LogP contribution in [0.1, 0.15) is 27.7 Å². The topological polar surface area (TPSA) is 12.5 Å². The van der Waals surface area contributed by atoms with E-state index in [1.807, 2.05) is 0 Å². The molecule has 1 saturated heterocycles. The third-order valence-corrected chi connectivity index (χ3v) is 3.79. The number of nitrogens with zero attached hydrogens (tertiary/aromatic N) is 1. The SMILES string of the molecule is CC1C=C(C(C)(C)C)C=CC1N1CCOCC1. The van der Waals surface area contributed by atoms with Crippen LogP contribution in [0, 0.1) is 11.3 Å². The largest absolute Gasteiger partial charge is 0.379 e. The molecule has 0 aromatic carbocycles. The van der Waals surface area contributed by atoms with Crippen molar-refractivity contribution >= 4 is 0 Å². The van der Waals surface area contributed by atoms with E-state index >= 15 is 0 Å². The molecule has 17 heavy (non-hydrogen) atoms. The van der Waals surface area contributed by atoms with Crippen LogP contribution in [0.4, 0.5) is 0 Å². The van der Waals surface area contributed by atoms with Gasteiger partial charge in [-0.25, -0.2) is 0 Å². The Morgan fingerprint density at radius 1 is 1.24 bits per heavy atom. The Hall–Kier alpha value is -0.600. The Bertz CT molecular complexity index is 318. The molecule has 0 aromatic rings. The van der Waals surface area contributed by atoms with Gasteiger partial charge in [-0.05, 0) is 16.9 Å². The second kappa shape index (κ2) is 4.95. The highest BCUT2D eigenvalue weighted by molar-refractivity contribution is 5.31. The van der Waals surface area contributed by atoms with Crippen molar-refractivity contribution in [3.8, 4) is 0 Å². The van der Waals surface area contributed by atoms with E-state index in [9.17, 15) is 0 Å². The molecule has 0 aromatic heterocycles. The van der Waals surface area contributed by atoms with Crippen molar-refractivity contribution in [1.82, 2.24) is 4.90 Å². The average Bonchev–Trinajstić information content (AvgIpc) is 2.29. The van der Waals surface area contributed by atoms with Gasteiger partial charge in [-0.2, -0.15) is 0 Å². The second-order valence-electron chi connectivity index (χ2n) is 6.23. The van der Waals surface area contributed by atoms with Crippen LogP contribution in [0.3, 0.4) is 0 Å². The lowest BCUT2D eigenvalue weighted by Gasteiger charge is -2.38. The lowest BCUT2D eigenvalue weighted by atomic mass is 9.79. The molecule has 2 rings (SSSR count). The first-order chi connectivity index (χ1) is 7.98. The highest BCUT2D eigenvalue weighted by Crippen LogP contribution is 2.32. The van der Waals surface area contributed by atoms with Crippen LogP contribution in [0.15, 0.2) is 23.8 Å². The lowest BCUT2D eigenvalue weighted by Crippen LogP contribution is -2.46. The smallest absolute Gasteiger partial charge is 0.0594 e. The summed E-state index contributed by atoms with van der Waals surface area (Å²) in [4.78, 5) is 2.54. The summed E-state index contributed by atoms with van der Waals surface area (Å²) in [6.45, 7) is 13.1. The first-order valence-corrected chi connectivity index (χ1v) is 6.71. The summed E-state index contributed by atoms with van der Waals surface area (Å²) in [6, 6.07) is 0.560. The monoisotopic (exact) mass is 235 g/mol. The van der Waals surface area contributed by atoms with Crippen LogP contribution in [-0.2, 0) is 4.74 Å². The molecule has 1 heterocycles. The summed E-state index contributed by atoms with van der Waals surface area (Å²) < 4.78 is 5.42.